The molecule has 6 nitrogen and oxygen atoms in total. The van der Waals surface area contributed by atoms with Crippen LogP contribution in [0.3, 0.4) is 0 Å². The normalized spacial score (nSPS) is 11.9. The SMILES string of the molecule is c1cc(-c2ccncc2)nc(-c2ccc3c(c2)Oc2nc4ccccc4nc2O3)c1. The predicted molar refractivity (Wildman–Crippen MR) is 113 cm³/mol. The molecule has 142 valence electrons. The maximum absolute atomic E-state index is 6.03. The van der Waals surface area contributed by atoms with Crippen LogP contribution in [0.1, 0.15) is 0 Å². The van der Waals surface area contributed by atoms with E-state index in [0.717, 1.165) is 33.5 Å². The van der Waals surface area contributed by atoms with Crippen molar-refractivity contribution in [2.75, 3.05) is 0 Å². The van der Waals surface area contributed by atoms with Crippen LogP contribution in [0, 0.1) is 0 Å². The fourth-order valence-corrected chi connectivity index (χ4v) is 3.42. The van der Waals surface area contributed by atoms with E-state index < -0.39 is 0 Å². The molecule has 6 rings (SSSR count). The van der Waals surface area contributed by atoms with Crippen molar-refractivity contribution >= 4 is 11.0 Å². The second-order valence-electron chi connectivity index (χ2n) is 6.83. The van der Waals surface area contributed by atoms with Crippen molar-refractivity contribution in [3.63, 3.8) is 0 Å². The number of benzene rings is 2. The minimum Gasteiger partial charge on any atom is -0.431 e. The third kappa shape index (κ3) is 2.82. The summed E-state index contributed by atoms with van der Waals surface area (Å²) in [4.78, 5) is 17.9. The molecule has 0 unspecified atom stereocenters. The van der Waals surface area contributed by atoms with Crippen LogP contribution in [0.5, 0.6) is 23.3 Å². The van der Waals surface area contributed by atoms with Crippen molar-refractivity contribution in [2.45, 2.75) is 0 Å². The molecule has 0 N–H and O–H groups in total. The first-order chi connectivity index (χ1) is 14.8. The summed E-state index contributed by atoms with van der Waals surface area (Å²) in [5.74, 6) is 1.91. The quantitative estimate of drug-likeness (QED) is 0.380. The number of hydrogen-bond acceptors (Lipinski definition) is 6. The molecule has 0 amide bonds. The Bertz CT molecular complexity index is 1400. The van der Waals surface area contributed by atoms with Crippen molar-refractivity contribution in [1.29, 1.82) is 0 Å². The number of fused-ring (bicyclic) bond motifs is 3. The number of ether oxygens (including phenoxy) is 2. The van der Waals surface area contributed by atoms with Crippen LogP contribution in [0.2, 0.25) is 0 Å². The van der Waals surface area contributed by atoms with Crippen LogP contribution in [-0.4, -0.2) is 19.9 Å². The molecule has 0 radical (unpaired) electrons. The number of hydrogen-bond donors (Lipinski definition) is 0. The van der Waals surface area contributed by atoms with E-state index in [1.165, 1.54) is 0 Å². The number of rotatable bonds is 2. The van der Waals surface area contributed by atoms with Crippen molar-refractivity contribution in [2.24, 2.45) is 0 Å². The van der Waals surface area contributed by atoms with Gasteiger partial charge in [-0.3, -0.25) is 4.98 Å². The van der Waals surface area contributed by atoms with Crippen LogP contribution in [-0.2, 0) is 0 Å². The third-order valence-corrected chi connectivity index (χ3v) is 4.89. The molecule has 0 bridgehead atoms. The van der Waals surface area contributed by atoms with E-state index in [-0.39, 0.29) is 0 Å². The van der Waals surface area contributed by atoms with Crippen LogP contribution in [0.15, 0.2) is 85.2 Å². The highest BCUT2D eigenvalue weighted by molar-refractivity contribution is 5.76. The number of aromatic nitrogens is 4. The van der Waals surface area contributed by atoms with E-state index in [9.17, 15) is 0 Å². The van der Waals surface area contributed by atoms with Crippen molar-refractivity contribution in [3.05, 3.63) is 85.2 Å². The number of para-hydroxylation sites is 2. The summed E-state index contributed by atoms with van der Waals surface area (Å²) in [7, 11) is 0. The highest BCUT2D eigenvalue weighted by atomic mass is 16.6. The molecular formula is C24H14N4O2. The van der Waals surface area contributed by atoms with Crippen molar-refractivity contribution in [1.82, 2.24) is 19.9 Å². The van der Waals surface area contributed by atoms with Gasteiger partial charge in [0.05, 0.1) is 22.4 Å². The highest BCUT2D eigenvalue weighted by Crippen LogP contribution is 2.45. The minimum absolute atomic E-state index is 0.358. The summed E-state index contributed by atoms with van der Waals surface area (Å²) in [6, 6.07) is 23.2. The zero-order chi connectivity index (χ0) is 19.9. The lowest BCUT2D eigenvalue weighted by Gasteiger charge is -2.19. The third-order valence-electron chi connectivity index (χ3n) is 4.89. The molecule has 1 aliphatic heterocycles. The van der Waals surface area contributed by atoms with E-state index in [2.05, 4.69) is 15.0 Å². The summed E-state index contributed by atoms with van der Waals surface area (Å²) >= 11 is 0. The molecule has 0 saturated heterocycles. The Hall–Kier alpha value is -4.32. The summed E-state index contributed by atoms with van der Waals surface area (Å²) in [6.45, 7) is 0. The summed E-state index contributed by atoms with van der Waals surface area (Å²) in [6.07, 6.45) is 3.52. The zero-order valence-electron chi connectivity index (χ0n) is 15.7. The Morgan fingerprint density at radius 2 is 1.20 bits per heavy atom. The second-order valence-corrected chi connectivity index (χ2v) is 6.83. The van der Waals surface area contributed by atoms with E-state index in [1.54, 1.807) is 12.4 Å². The van der Waals surface area contributed by atoms with Crippen LogP contribution in [0.25, 0.3) is 33.5 Å². The Kier molecular flexibility index (Phi) is 3.67. The van der Waals surface area contributed by atoms with Gasteiger partial charge < -0.3 is 9.47 Å². The smallest absolute Gasteiger partial charge is 0.284 e. The van der Waals surface area contributed by atoms with Gasteiger partial charge in [-0.25, -0.2) is 15.0 Å². The lowest BCUT2D eigenvalue weighted by molar-refractivity contribution is 0.339. The second kappa shape index (κ2) is 6.63. The molecule has 6 heteroatoms. The fraction of sp³-hybridized carbons (Fsp3) is 0. The predicted octanol–water partition coefficient (Wildman–Crippen LogP) is 5.65. The Morgan fingerprint density at radius 3 is 1.93 bits per heavy atom. The highest BCUT2D eigenvalue weighted by Gasteiger charge is 2.23. The van der Waals surface area contributed by atoms with Gasteiger partial charge in [-0.1, -0.05) is 18.2 Å². The first kappa shape index (κ1) is 16.6. The van der Waals surface area contributed by atoms with E-state index in [4.69, 9.17) is 14.5 Å². The molecule has 0 aliphatic carbocycles. The maximum atomic E-state index is 6.03. The van der Waals surface area contributed by atoms with Crippen LogP contribution in [0.4, 0.5) is 0 Å². The molecule has 3 aromatic heterocycles. The summed E-state index contributed by atoms with van der Waals surface area (Å²) in [5.41, 5.74) is 5.17. The first-order valence-electron chi connectivity index (χ1n) is 9.48. The monoisotopic (exact) mass is 390 g/mol. The average Bonchev–Trinajstić information content (AvgIpc) is 2.81. The van der Waals surface area contributed by atoms with Crippen LogP contribution < -0.4 is 9.47 Å². The van der Waals surface area contributed by atoms with Gasteiger partial charge in [0.25, 0.3) is 11.8 Å². The molecule has 5 aromatic rings. The van der Waals surface area contributed by atoms with Gasteiger partial charge in [0.2, 0.25) is 0 Å². The van der Waals surface area contributed by atoms with Gasteiger partial charge in [-0.05, 0) is 54.6 Å². The molecule has 0 atom stereocenters. The Balaban J connectivity index is 1.38. The molecule has 0 spiro atoms. The van der Waals surface area contributed by atoms with Gasteiger partial charge in [0.1, 0.15) is 0 Å². The van der Waals surface area contributed by atoms with Gasteiger partial charge in [0.15, 0.2) is 11.5 Å². The van der Waals surface area contributed by atoms with Crippen LogP contribution >= 0.6 is 0 Å². The van der Waals surface area contributed by atoms with Crippen molar-refractivity contribution in [3.8, 4) is 45.8 Å². The molecule has 1 aliphatic rings. The van der Waals surface area contributed by atoms with E-state index in [0.29, 0.717) is 23.3 Å². The Labute approximate surface area is 171 Å². The molecule has 0 fully saturated rings. The van der Waals surface area contributed by atoms with Gasteiger partial charge >= 0.3 is 0 Å². The molecular weight excluding hydrogens is 376 g/mol. The Morgan fingerprint density at radius 1 is 0.533 bits per heavy atom. The largest absolute Gasteiger partial charge is 0.431 e. The average molecular weight is 390 g/mol. The lowest BCUT2D eigenvalue weighted by Crippen LogP contribution is -2.03. The first-order valence-corrected chi connectivity index (χ1v) is 9.48. The lowest BCUT2D eigenvalue weighted by atomic mass is 10.1. The molecule has 0 saturated carbocycles. The fourth-order valence-electron chi connectivity index (χ4n) is 3.42. The summed E-state index contributed by atoms with van der Waals surface area (Å²) in [5, 5.41) is 0. The molecule has 2 aromatic carbocycles. The van der Waals surface area contributed by atoms with Gasteiger partial charge in [-0.2, -0.15) is 0 Å². The minimum atomic E-state index is 0.358. The number of nitrogens with zero attached hydrogens (tertiary/aromatic N) is 4. The standard InChI is InChI=1S/C24H14N4O2/c1-2-5-20-19(4-1)27-23-24(28-20)30-22-14-16(8-9-21(22)29-23)18-7-3-6-17(26-18)15-10-12-25-13-11-15/h1-14H. The topological polar surface area (TPSA) is 70.0 Å². The van der Waals surface area contributed by atoms with Gasteiger partial charge in [-0.15, -0.1) is 0 Å². The van der Waals surface area contributed by atoms with E-state index >= 15 is 0 Å². The molecule has 4 heterocycles. The van der Waals surface area contributed by atoms with Gasteiger partial charge in [0, 0.05) is 23.5 Å². The van der Waals surface area contributed by atoms with Crippen molar-refractivity contribution < 1.29 is 9.47 Å². The number of pyridine rings is 2. The van der Waals surface area contributed by atoms with E-state index in [1.807, 2.05) is 72.8 Å². The summed E-state index contributed by atoms with van der Waals surface area (Å²) < 4.78 is 12.0. The zero-order valence-corrected chi connectivity index (χ0v) is 15.7. The molecule has 30 heavy (non-hydrogen) atoms. The maximum Gasteiger partial charge on any atom is 0.284 e.